The van der Waals surface area contributed by atoms with Crippen molar-refractivity contribution >= 4 is 17.4 Å². The predicted octanol–water partition coefficient (Wildman–Crippen LogP) is 1.81. The molecule has 0 atom stereocenters. The van der Waals surface area contributed by atoms with Gasteiger partial charge in [0, 0.05) is 11.4 Å². The van der Waals surface area contributed by atoms with Gasteiger partial charge in [0.2, 0.25) is 0 Å². The molecule has 2 nitrogen and oxygen atoms in total. The Morgan fingerprint density at radius 3 is 2.93 bits per heavy atom. The minimum absolute atomic E-state index is 0.0614. The van der Waals surface area contributed by atoms with E-state index in [1.54, 1.807) is 7.05 Å². The van der Waals surface area contributed by atoms with Crippen LogP contribution in [0.2, 0.25) is 5.02 Å². The highest BCUT2D eigenvalue weighted by Gasteiger charge is 2.07. The van der Waals surface area contributed by atoms with Gasteiger partial charge in [0.25, 0.3) is 0 Å². The Labute approximate surface area is 87.1 Å². The average molecular weight is 216 g/mol. The summed E-state index contributed by atoms with van der Waals surface area (Å²) in [6, 6.07) is 4.21. The highest BCUT2D eigenvalue weighted by Crippen LogP contribution is 2.15. The molecule has 0 unspecified atom stereocenters. The molecule has 76 valence electrons. The maximum atomic E-state index is 13.1. The maximum Gasteiger partial charge on any atom is 0.151 e. The fourth-order valence-electron chi connectivity index (χ4n) is 1.15. The van der Waals surface area contributed by atoms with Gasteiger partial charge in [0.15, 0.2) is 5.78 Å². The van der Waals surface area contributed by atoms with Crippen molar-refractivity contribution in [1.82, 2.24) is 5.32 Å². The van der Waals surface area contributed by atoms with Crippen LogP contribution in [0.25, 0.3) is 0 Å². The Morgan fingerprint density at radius 1 is 1.57 bits per heavy atom. The van der Waals surface area contributed by atoms with Crippen molar-refractivity contribution in [3.63, 3.8) is 0 Å². The number of nitrogens with one attached hydrogen (secondary N) is 1. The van der Waals surface area contributed by atoms with Gasteiger partial charge in [-0.15, -0.1) is 0 Å². The number of likely N-dealkylation sites (N-methyl/N-ethyl adjacent to an activating group) is 1. The first-order valence-corrected chi connectivity index (χ1v) is 4.61. The van der Waals surface area contributed by atoms with Crippen LogP contribution in [0, 0.1) is 5.82 Å². The summed E-state index contributed by atoms with van der Waals surface area (Å²) in [6.07, 6.45) is 0.0766. The van der Waals surface area contributed by atoms with E-state index >= 15 is 0 Å². The number of ketones is 1. The molecule has 14 heavy (non-hydrogen) atoms. The molecule has 0 spiro atoms. The van der Waals surface area contributed by atoms with Crippen molar-refractivity contribution in [2.24, 2.45) is 0 Å². The molecule has 1 aromatic carbocycles. The van der Waals surface area contributed by atoms with E-state index in [1.807, 2.05) is 0 Å². The second kappa shape index (κ2) is 5.08. The highest BCUT2D eigenvalue weighted by atomic mass is 35.5. The van der Waals surface area contributed by atoms with Crippen molar-refractivity contribution in [2.75, 3.05) is 13.6 Å². The second-order valence-corrected chi connectivity index (χ2v) is 3.42. The smallest absolute Gasteiger partial charge is 0.151 e. The Balaban J connectivity index is 2.75. The van der Waals surface area contributed by atoms with Crippen LogP contribution in [-0.2, 0) is 11.2 Å². The van der Waals surface area contributed by atoms with Crippen LogP contribution < -0.4 is 5.32 Å². The summed E-state index contributed by atoms with van der Waals surface area (Å²) in [5, 5.41) is 3.16. The van der Waals surface area contributed by atoms with Gasteiger partial charge >= 0.3 is 0 Å². The summed E-state index contributed by atoms with van der Waals surface area (Å²) in [4.78, 5) is 11.2. The molecule has 0 amide bonds. The third-order valence-corrected chi connectivity index (χ3v) is 2.00. The van der Waals surface area contributed by atoms with E-state index in [-0.39, 0.29) is 24.6 Å². The first kappa shape index (κ1) is 11.1. The van der Waals surface area contributed by atoms with E-state index in [9.17, 15) is 9.18 Å². The van der Waals surface area contributed by atoms with Crippen molar-refractivity contribution in [2.45, 2.75) is 6.42 Å². The van der Waals surface area contributed by atoms with Crippen molar-refractivity contribution < 1.29 is 9.18 Å². The lowest BCUT2D eigenvalue weighted by Crippen LogP contribution is -2.20. The molecule has 0 aromatic heterocycles. The van der Waals surface area contributed by atoms with Crippen LogP contribution in [0.1, 0.15) is 5.56 Å². The molecule has 0 aliphatic carbocycles. The molecular weight excluding hydrogens is 205 g/mol. The maximum absolute atomic E-state index is 13.1. The van der Waals surface area contributed by atoms with Crippen LogP contribution in [0.4, 0.5) is 4.39 Å². The zero-order valence-electron chi connectivity index (χ0n) is 7.81. The highest BCUT2D eigenvalue weighted by molar-refractivity contribution is 6.30. The van der Waals surface area contributed by atoms with Crippen LogP contribution >= 0.6 is 11.6 Å². The average Bonchev–Trinajstić information content (AvgIpc) is 2.12. The van der Waals surface area contributed by atoms with Crippen molar-refractivity contribution in [3.05, 3.63) is 34.6 Å². The zero-order chi connectivity index (χ0) is 10.6. The molecule has 1 N–H and O–H groups in total. The van der Waals surface area contributed by atoms with E-state index < -0.39 is 0 Å². The first-order valence-electron chi connectivity index (χ1n) is 4.23. The minimum Gasteiger partial charge on any atom is -0.313 e. The molecule has 1 aromatic rings. The summed E-state index contributed by atoms with van der Waals surface area (Å²) in [7, 11) is 1.67. The van der Waals surface area contributed by atoms with Crippen molar-refractivity contribution in [1.29, 1.82) is 0 Å². The van der Waals surface area contributed by atoms with E-state index in [1.165, 1.54) is 18.2 Å². The molecular formula is C10H11ClFNO. The second-order valence-electron chi connectivity index (χ2n) is 2.98. The summed E-state index contributed by atoms with van der Waals surface area (Å²) >= 11 is 5.68. The van der Waals surface area contributed by atoms with Crippen LogP contribution in [-0.4, -0.2) is 19.4 Å². The number of halogens is 2. The van der Waals surface area contributed by atoms with Crippen LogP contribution in [0.15, 0.2) is 18.2 Å². The molecule has 0 heterocycles. The molecule has 0 saturated carbocycles. The topological polar surface area (TPSA) is 29.1 Å². The number of hydrogen-bond donors (Lipinski definition) is 1. The largest absolute Gasteiger partial charge is 0.313 e. The van der Waals surface area contributed by atoms with Crippen molar-refractivity contribution in [3.8, 4) is 0 Å². The SMILES string of the molecule is CNCC(=O)Cc1cc(Cl)ccc1F. The zero-order valence-corrected chi connectivity index (χ0v) is 8.57. The van der Waals surface area contributed by atoms with Crippen LogP contribution in [0.5, 0.6) is 0 Å². The van der Waals surface area contributed by atoms with Gasteiger partial charge in [-0.05, 0) is 30.8 Å². The molecule has 4 heteroatoms. The van der Waals surface area contributed by atoms with Crippen LogP contribution in [0.3, 0.4) is 0 Å². The summed E-state index contributed by atoms with van der Waals surface area (Å²) in [5.74, 6) is -0.451. The standard InChI is InChI=1S/C10H11ClFNO/c1-13-6-9(14)5-7-4-8(11)2-3-10(7)12/h2-4,13H,5-6H2,1H3. The minimum atomic E-state index is -0.390. The fraction of sp³-hybridized carbons (Fsp3) is 0.300. The first-order chi connectivity index (χ1) is 6.63. The molecule has 0 aliphatic rings. The molecule has 0 aliphatic heterocycles. The predicted molar refractivity (Wildman–Crippen MR) is 54.0 cm³/mol. The molecule has 1 rings (SSSR count). The number of Topliss-reactive ketones (excluding diaryl/α,β-unsaturated/α-hetero) is 1. The number of rotatable bonds is 4. The Kier molecular flexibility index (Phi) is 4.04. The quantitative estimate of drug-likeness (QED) is 0.830. The number of carbonyl (C=O) groups excluding carboxylic acids is 1. The van der Waals surface area contributed by atoms with Gasteiger partial charge < -0.3 is 5.32 Å². The van der Waals surface area contributed by atoms with E-state index in [2.05, 4.69) is 5.32 Å². The lowest BCUT2D eigenvalue weighted by atomic mass is 10.1. The fourth-order valence-corrected chi connectivity index (χ4v) is 1.35. The van der Waals surface area contributed by atoms with Gasteiger partial charge in [-0.1, -0.05) is 11.6 Å². The third kappa shape index (κ3) is 3.09. The Hall–Kier alpha value is -0.930. The number of hydrogen-bond acceptors (Lipinski definition) is 2. The van der Waals surface area contributed by atoms with Gasteiger partial charge in [0.05, 0.1) is 6.54 Å². The van der Waals surface area contributed by atoms with Gasteiger partial charge in [0.1, 0.15) is 5.82 Å². The molecule has 0 fully saturated rings. The molecule has 0 radical (unpaired) electrons. The lowest BCUT2D eigenvalue weighted by molar-refractivity contribution is -0.117. The van der Waals surface area contributed by atoms with Gasteiger partial charge in [-0.2, -0.15) is 0 Å². The van der Waals surface area contributed by atoms with Gasteiger partial charge in [-0.25, -0.2) is 4.39 Å². The molecule has 0 saturated heterocycles. The van der Waals surface area contributed by atoms with E-state index in [0.29, 0.717) is 10.6 Å². The third-order valence-electron chi connectivity index (χ3n) is 1.77. The summed E-state index contributed by atoms with van der Waals surface area (Å²) < 4.78 is 13.1. The van der Waals surface area contributed by atoms with E-state index in [0.717, 1.165) is 0 Å². The normalized spacial score (nSPS) is 10.2. The number of carbonyl (C=O) groups is 1. The molecule has 0 bridgehead atoms. The monoisotopic (exact) mass is 215 g/mol. The Bertz CT molecular complexity index is 341. The lowest BCUT2D eigenvalue weighted by Gasteiger charge is -2.02. The number of benzene rings is 1. The summed E-state index contributed by atoms with van der Waals surface area (Å²) in [5.41, 5.74) is 0.345. The van der Waals surface area contributed by atoms with E-state index in [4.69, 9.17) is 11.6 Å². The Morgan fingerprint density at radius 2 is 2.29 bits per heavy atom. The summed E-state index contributed by atoms with van der Waals surface area (Å²) in [6.45, 7) is 0.242. The van der Waals surface area contributed by atoms with Gasteiger partial charge in [-0.3, -0.25) is 4.79 Å².